The minimum absolute atomic E-state index is 0.0292. The number of ether oxygens (including phenoxy) is 1. The Hall–Kier alpha value is -3.11. The number of carbonyl (C=O) groups excluding carboxylic acids is 2. The standard InChI is InChI=1S/C22H25ClN4O5S/c1-5-32-20(28)22(2)14-27(25-19(22)15-9-11-16(23)12-10-15)21(29)24-17-7-6-8-18(13-17)26(3)33(4,30)31/h6-13H,5,14H2,1-4H3,(H,24,29). The first-order valence-corrected chi connectivity index (χ1v) is 12.3. The summed E-state index contributed by atoms with van der Waals surface area (Å²) < 4.78 is 30.0. The lowest BCUT2D eigenvalue weighted by Crippen LogP contribution is -2.42. The van der Waals surface area contributed by atoms with Crippen molar-refractivity contribution in [1.29, 1.82) is 0 Å². The molecule has 33 heavy (non-hydrogen) atoms. The third kappa shape index (κ3) is 5.28. The molecule has 0 radical (unpaired) electrons. The first kappa shape index (κ1) is 24.5. The van der Waals surface area contributed by atoms with Gasteiger partial charge in [0.1, 0.15) is 5.41 Å². The van der Waals surface area contributed by atoms with E-state index in [-0.39, 0.29) is 13.2 Å². The van der Waals surface area contributed by atoms with E-state index in [0.717, 1.165) is 15.6 Å². The maximum Gasteiger partial charge on any atom is 0.342 e. The summed E-state index contributed by atoms with van der Waals surface area (Å²) >= 11 is 5.99. The predicted molar refractivity (Wildman–Crippen MR) is 128 cm³/mol. The highest BCUT2D eigenvalue weighted by molar-refractivity contribution is 7.92. The summed E-state index contributed by atoms with van der Waals surface area (Å²) in [7, 11) is -2.04. The molecule has 0 saturated carbocycles. The molecule has 3 rings (SSSR count). The van der Waals surface area contributed by atoms with E-state index in [2.05, 4.69) is 10.4 Å². The Morgan fingerprint density at radius 1 is 1.24 bits per heavy atom. The number of nitrogens with zero attached hydrogens (tertiary/aromatic N) is 3. The molecular weight excluding hydrogens is 468 g/mol. The summed E-state index contributed by atoms with van der Waals surface area (Å²) in [5.74, 6) is -0.495. The number of hydrogen-bond donors (Lipinski definition) is 1. The molecule has 9 nitrogen and oxygen atoms in total. The number of hydrazone groups is 1. The number of benzene rings is 2. The minimum atomic E-state index is -3.46. The van der Waals surface area contributed by atoms with E-state index in [0.29, 0.717) is 27.7 Å². The molecule has 2 aromatic rings. The molecule has 0 aromatic heterocycles. The molecule has 1 heterocycles. The van der Waals surface area contributed by atoms with Crippen molar-refractivity contribution < 1.29 is 22.7 Å². The number of esters is 1. The van der Waals surface area contributed by atoms with E-state index in [4.69, 9.17) is 16.3 Å². The van der Waals surface area contributed by atoms with Gasteiger partial charge in [0.2, 0.25) is 10.0 Å². The number of sulfonamides is 1. The number of hydrogen-bond acceptors (Lipinski definition) is 6. The van der Waals surface area contributed by atoms with E-state index >= 15 is 0 Å². The number of nitrogens with one attached hydrogen (secondary N) is 1. The zero-order chi connectivity index (χ0) is 24.4. The number of rotatable bonds is 6. The van der Waals surface area contributed by atoms with Crippen molar-refractivity contribution in [2.45, 2.75) is 13.8 Å². The van der Waals surface area contributed by atoms with Gasteiger partial charge in [-0.05, 0) is 49.7 Å². The Morgan fingerprint density at radius 2 is 1.91 bits per heavy atom. The van der Waals surface area contributed by atoms with E-state index in [9.17, 15) is 18.0 Å². The second kappa shape index (κ2) is 9.40. The smallest absolute Gasteiger partial charge is 0.342 e. The van der Waals surface area contributed by atoms with Gasteiger partial charge in [-0.2, -0.15) is 5.10 Å². The van der Waals surface area contributed by atoms with Gasteiger partial charge in [-0.1, -0.05) is 29.8 Å². The number of halogens is 1. The lowest BCUT2D eigenvalue weighted by molar-refractivity contribution is -0.150. The zero-order valence-electron chi connectivity index (χ0n) is 18.7. The average Bonchev–Trinajstić information content (AvgIpc) is 3.12. The average molecular weight is 493 g/mol. The Bertz CT molecular complexity index is 1200. The van der Waals surface area contributed by atoms with Crippen LogP contribution in [0.2, 0.25) is 5.02 Å². The molecular formula is C22H25ClN4O5S. The van der Waals surface area contributed by atoms with Gasteiger partial charge < -0.3 is 10.1 Å². The number of anilines is 2. The fraction of sp³-hybridized carbons (Fsp3) is 0.318. The SMILES string of the molecule is CCOC(=O)C1(C)CN(C(=O)Nc2cccc(N(C)S(C)(=O)=O)c2)N=C1c1ccc(Cl)cc1. The maximum atomic E-state index is 13.0. The van der Waals surface area contributed by atoms with Gasteiger partial charge in [0, 0.05) is 17.8 Å². The van der Waals surface area contributed by atoms with Crippen LogP contribution in [0.5, 0.6) is 0 Å². The Balaban J connectivity index is 1.89. The van der Waals surface area contributed by atoms with Crippen LogP contribution < -0.4 is 9.62 Å². The highest BCUT2D eigenvalue weighted by atomic mass is 35.5. The molecule has 1 aliphatic rings. The van der Waals surface area contributed by atoms with E-state index in [1.807, 2.05) is 0 Å². The highest BCUT2D eigenvalue weighted by Crippen LogP contribution is 2.33. The van der Waals surface area contributed by atoms with Crippen LogP contribution in [0, 0.1) is 5.41 Å². The van der Waals surface area contributed by atoms with E-state index in [1.165, 1.54) is 13.1 Å². The van der Waals surface area contributed by atoms with Crippen molar-refractivity contribution in [1.82, 2.24) is 5.01 Å². The third-order valence-electron chi connectivity index (χ3n) is 5.25. The van der Waals surface area contributed by atoms with Crippen molar-refractivity contribution in [3.63, 3.8) is 0 Å². The zero-order valence-corrected chi connectivity index (χ0v) is 20.3. The quantitative estimate of drug-likeness (QED) is 0.620. The summed E-state index contributed by atoms with van der Waals surface area (Å²) in [5, 5.41) is 8.82. The van der Waals surface area contributed by atoms with Crippen molar-refractivity contribution in [2.24, 2.45) is 10.5 Å². The van der Waals surface area contributed by atoms with Gasteiger partial charge in [-0.3, -0.25) is 9.10 Å². The van der Waals surface area contributed by atoms with Crippen LogP contribution >= 0.6 is 11.6 Å². The first-order chi connectivity index (χ1) is 15.5. The lowest BCUT2D eigenvalue weighted by Gasteiger charge is -2.24. The van der Waals surface area contributed by atoms with Crippen LogP contribution in [0.25, 0.3) is 0 Å². The summed E-state index contributed by atoms with van der Waals surface area (Å²) in [6.45, 7) is 3.54. The van der Waals surface area contributed by atoms with Crippen molar-refractivity contribution in [2.75, 3.05) is 36.1 Å². The van der Waals surface area contributed by atoms with Crippen molar-refractivity contribution in [3.05, 3.63) is 59.1 Å². The molecule has 2 amide bonds. The van der Waals surface area contributed by atoms with Gasteiger partial charge >= 0.3 is 12.0 Å². The van der Waals surface area contributed by atoms with Gasteiger partial charge in [0.05, 0.1) is 30.8 Å². The molecule has 176 valence electrons. The van der Waals surface area contributed by atoms with Crippen LogP contribution in [-0.2, 0) is 19.6 Å². The van der Waals surface area contributed by atoms with Crippen molar-refractivity contribution >= 4 is 50.7 Å². The molecule has 1 atom stereocenters. The Kier molecular flexibility index (Phi) is 6.99. The summed E-state index contributed by atoms with van der Waals surface area (Å²) in [6.07, 6.45) is 1.09. The van der Waals surface area contributed by atoms with Crippen LogP contribution in [-0.4, -0.2) is 57.6 Å². The van der Waals surface area contributed by atoms with Gasteiger partial charge in [-0.25, -0.2) is 18.2 Å². The molecule has 11 heteroatoms. The van der Waals surface area contributed by atoms with E-state index < -0.39 is 27.4 Å². The second-order valence-corrected chi connectivity index (χ2v) is 10.2. The van der Waals surface area contributed by atoms with Gasteiger partial charge in [0.25, 0.3) is 0 Å². The molecule has 1 aliphatic heterocycles. The monoisotopic (exact) mass is 492 g/mol. The molecule has 1 unspecified atom stereocenters. The minimum Gasteiger partial charge on any atom is -0.465 e. The molecule has 0 saturated heterocycles. The molecule has 0 spiro atoms. The first-order valence-electron chi connectivity index (χ1n) is 10.1. The lowest BCUT2D eigenvalue weighted by atomic mass is 9.82. The van der Waals surface area contributed by atoms with Crippen molar-refractivity contribution in [3.8, 4) is 0 Å². The summed E-state index contributed by atoms with van der Waals surface area (Å²) in [4.78, 5) is 25.8. The van der Waals surface area contributed by atoms with Gasteiger partial charge in [-0.15, -0.1) is 0 Å². The number of carbonyl (C=O) groups is 2. The topological polar surface area (TPSA) is 108 Å². The molecule has 0 bridgehead atoms. The van der Waals surface area contributed by atoms with E-state index in [1.54, 1.807) is 56.3 Å². The highest BCUT2D eigenvalue weighted by Gasteiger charge is 2.48. The van der Waals surface area contributed by atoms with Crippen LogP contribution in [0.1, 0.15) is 19.4 Å². The summed E-state index contributed by atoms with van der Waals surface area (Å²) in [5.41, 5.74) is 0.610. The molecule has 2 aromatic carbocycles. The summed E-state index contributed by atoms with van der Waals surface area (Å²) in [6, 6.07) is 12.6. The second-order valence-electron chi connectivity index (χ2n) is 7.78. The molecule has 0 fully saturated rings. The Morgan fingerprint density at radius 3 is 2.52 bits per heavy atom. The fourth-order valence-corrected chi connectivity index (χ4v) is 3.98. The fourth-order valence-electron chi connectivity index (χ4n) is 3.35. The third-order valence-corrected chi connectivity index (χ3v) is 6.70. The maximum absolute atomic E-state index is 13.0. The van der Waals surface area contributed by atoms with Gasteiger partial charge in [0.15, 0.2) is 0 Å². The largest absolute Gasteiger partial charge is 0.465 e. The Labute approximate surface area is 198 Å². The normalized spacial score (nSPS) is 18.0. The van der Waals surface area contributed by atoms with Crippen LogP contribution in [0.3, 0.4) is 0 Å². The molecule has 1 N–H and O–H groups in total. The van der Waals surface area contributed by atoms with Crippen LogP contribution in [0.4, 0.5) is 16.2 Å². The number of amides is 2. The molecule has 0 aliphatic carbocycles. The number of urea groups is 1. The predicted octanol–water partition coefficient (Wildman–Crippen LogP) is 3.56. The van der Waals surface area contributed by atoms with Crippen LogP contribution in [0.15, 0.2) is 53.6 Å².